The Balaban J connectivity index is 1.95. The van der Waals surface area contributed by atoms with Gasteiger partial charge < -0.3 is 4.74 Å². The summed E-state index contributed by atoms with van der Waals surface area (Å²) in [4.78, 5) is 14.4. The van der Waals surface area contributed by atoms with Crippen molar-refractivity contribution in [1.29, 1.82) is 0 Å². The first-order chi connectivity index (χ1) is 8.26. The third-order valence-corrected chi connectivity index (χ3v) is 3.89. The van der Waals surface area contributed by atoms with Gasteiger partial charge in [-0.3, -0.25) is 9.69 Å². The van der Waals surface area contributed by atoms with Gasteiger partial charge in [0.2, 0.25) is 0 Å². The zero-order chi connectivity index (χ0) is 12.3. The van der Waals surface area contributed by atoms with Crippen LogP contribution in [0, 0.1) is 5.92 Å². The second kappa shape index (κ2) is 5.85. The molecule has 98 valence electrons. The molecular weight excluding hydrogens is 214 g/mol. The highest BCUT2D eigenvalue weighted by Crippen LogP contribution is 2.36. The first-order valence-corrected chi connectivity index (χ1v) is 7.09. The summed E-state index contributed by atoms with van der Waals surface area (Å²) in [5.41, 5.74) is 0. The van der Waals surface area contributed by atoms with E-state index in [1.165, 1.54) is 32.8 Å². The topological polar surface area (TPSA) is 29.5 Å². The highest BCUT2D eigenvalue weighted by atomic mass is 16.5. The number of rotatable bonds is 8. The van der Waals surface area contributed by atoms with Gasteiger partial charge in [0.15, 0.2) is 0 Å². The summed E-state index contributed by atoms with van der Waals surface area (Å²) in [6, 6.07) is 0.685. The normalized spacial score (nSPS) is 21.6. The molecule has 2 fully saturated rings. The maximum Gasteiger partial charge on any atom is 0.323 e. The van der Waals surface area contributed by atoms with Crippen LogP contribution in [0.15, 0.2) is 0 Å². The lowest BCUT2D eigenvalue weighted by atomic mass is 10.1. The van der Waals surface area contributed by atoms with E-state index in [0.717, 1.165) is 31.7 Å². The van der Waals surface area contributed by atoms with Crippen molar-refractivity contribution >= 4 is 5.97 Å². The monoisotopic (exact) mass is 239 g/mol. The Kier molecular flexibility index (Phi) is 4.43. The van der Waals surface area contributed by atoms with Crippen LogP contribution in [-0.4, -0.2) is 36.6 Å². The number of methoxy groups -OCH3 is 1. The maximum absolute atomic E-state index is 11.9. The zero-order valence-corrected chi connectivity index (χ0v) is 11.2. The summed E-state index contributed by atoms with van der Waals surface area (Å²) >= 11 is 0. The van der Waals surface area contributed by atoms with Crippen molar-refractivity contribution in [2.75, 3.05) is 13.7 Å². The average molecular weight is 239 g/mol. The fourth-order valence-electron chi connectivity index (χ4n) is 2.49. The van der Waals surface area contributed by atoms with E-state index in [1.54, 1.807) is 0 Å². The number of hydrogen-bond acceptors (Lipinski definition) is 3. The molecule has 1 atom stereocenters. The molecular formula is C14H25NO2. The van der Waals surface area contributed by atoms with Crippen molar-refractivity contribution in [1.82, 2.24) is 4.90 Å². The number of nitrogens with zero attached hydrogens (tertiary/aromatic N) is 1. The molecule has 0 aromatic heterocycles. The Hall–Kier alpha value is -0.570. The molecule has 0 radical (unpaired) electrons. The predicted octanol–water partition coefficient (Wildman–Crippen LogP) is 2.59. The van der Waals surface area contributed by atoms with Gasteiger partial charge in [-0.15, -0.1) is 0 Å². The van der Waals surface area contributed by atoms with E-state index < -0.39 is 0 Å². The summed E-state index contributed by atoms with van der Waals surface area (Å²) in [6.45, 7) is 3.30. The van der Waals surface area contributed by atoms with Crippen LogP contribution in [0.1, 0.15) is 51.9 Å². The second-order valence-electron chi connectivity index (χ2n) is 5.55. The minimum atomic E-state index is -0.0222. The summed E-state index contributed by atoms with van der Waals surface area (Å²) in [7, 11) is 1.52. The first kappa shape index (κ1) is 12.9. The molecule has 17 heavy (non-hydrogen) atoms. The van der Waals surface area contributed by atoms with Gasteiger partial charge in [-0.25, -0.2) is 0 Å². The smallest absolute Gasteiger partial charge is 0.323 e. The molecule has 0 spiro atoms. The highest BCUT2D eigenvalue weighted by molar-refractivity contribution is 5.75. The summed E-state index contributed by atoms with van der Waals surface area (Å²) in [6.07, 6.45) is 8.48. The molecule has 0 bridgehead atoms. The predicted molar refractivity (Wildman–Crippen MR) is 67.8 cm³/mol. The maximum atomic E-state index is 11.9. The van der Waals surface area contributed by atoms with Crippen molar-refractivity contribution in [2.24, 2.45) is 5.92 Å². The van der Waals surface area contributed by atoms with Gasteiger partial charge in [0.1, 0.15) is 6.04 Å². The minimum Gasteiger partial charge on any atom is -0.468 e. The van der Waals surface area contributed by atoms with Crippen molar-refractivity contribution in [3.63, 3.8) is 0 Å². The van der Waals surface area contributed by atoms with E-state index >= 15 is 0 Å². The SMILES string of the molecule is CCCCC(C(=O)OC)N(CC1CC1)C1CC1. The average Bonchev–Trinajstić information content (AvgIpc) is 3.18. The van der Waals surface area contributed by atoms with Crippen LogP contribution in [0.5, 0.6) is 0 Å². The Morgan fingerprint density at radius 3 is 2.53 bits per heavy atom. The van der Waals surface area contributed by atoms with E-state index in [-0.39, 0.29) is 12.0 Å². The molecule has 0 aromatic rings. The lowest BCUT2D eigenvalue weighted by Crippen LogP contribution is -2.44. The van der Waals surface area contributed by atoms with Gasteiger partial charge in [-0.05, 0) is 38.0 Å². The molecule has 3 nitrogen and oxygen atoms in total. The van der Waals surface area contributed by atoms with Gasteiger partial charge >= 0.3 is 5.97 Å². The number of carbonyl (C=O) groups is 1. The van der Waals surface area contributed by atoms with Gasteiger partial charge in [0, 0.05) is 12.6 Å². The fourth-order valence-corrected chi connectivity index (χ4v) is 2.49. The molecule has 0 saturated heterocycles. The van der Waals surface area contributed by atoms with Crippen LogP contribution >= 0.6 is 0 Å². The number of unbranched alkanes of at least 4 members (excludes halogenated alkanes) is 1. The van der Waals surface area contributed by atoms with Crippen molar-refractivity contribution in [2.45, 2.75) is 64.0 Å². The highest BCUT2D eigenvalue weighted by Gasteiger charge is 2.40. The lowest BCUT2D eigenvalue weighted by molar-refractivity contribution is -0.147. The van der Waals surface area contributed by atoms with Crippen LogP contribution in [0.2, 0.25) is 0 Å². The molecule has 2 saturated carbocycles. The quantitative estimate of drug-likeness (QED) is 0.610. The van der Waals surface area contributed by atoms with Crippen LogP contribution in [0.4, 0.5) is 0 Å². The number of carbonyl (C=O) groups excluding carboxylic acids is 1. The lowest BCUT2D eigenvalue weighted by Gasteiger charge is -2.30. The van der Waals surface area contributed by atoms with Crippen LogP contribution in [-0.2, 0) is 9.53 Å². The van der Waals surface area contributed by atoms with Crippen LogP contribution in [0.3, 0.4) is 0 Å². The molecule has 0 N–H and O–H groups in total. The van der Waals surface area contributed by atoms with Gasteiger partial charge in [-0.1, -0.05) is 19.8 Å². The molecule has 0 aromatic carbocycles. The Bertz CT molecular complexity index is 259. The van der Waals surface area contributed by atoms with Gasteiger partial charge in [-0.2, -0.15) is 0 Å². The van der Waals surface area contributed by atoms with Crippen molar-refractivity contribution in [3.05, 3.63) is 0 Å². The third kappa shape index (κ3) is 3.70. The zero-order valence-electron chi connectivity index (χ0n) is 11.2. The molecule has 2 aliphatic carbocycles. The molecule has 0 heterocycles. The van der Waals surface area contributed by atoms with E-state index in [9.17, 15) is 4.79 Å². The van der Waals surface area contributed by atoms with E-state index in [0.29, 0.717) is 6.04 Å². The molecule has 3 heteroatoms. The molecule has 0 aliphatic heterocycles. The second-order valence-corrected chi connectivity index (χ2v) is 5.55. The number of ether oxygens (including phenoxy) is 1. The summed E-state index contributed by atoms with van der Waals surface area (Å²) in [5, 5.41) is 0. The first-order valence-electron chi connectivity index (χ1n) is 7.09. The van der Waals surface area contributed by atoms with Crippen LogP contribution in [0.25, 0.3) is 0 Å². The summed E-state index contributed by atoms with van der Waals surface area (Å²) in [5.74, 6) is 0.829. The largest absolute Gasteiger partial charge is 0.468 e. The van der Waals surface area contributed by atoms with Gasteiger partial charge in [0.25, 0.3) is 0 Å². The van der Waals surface area contributed by atoms with E-state index in [4.69, 9.17) is 4.74 Å². The Labute approximate surface area is 105 Å². The Morgan fingerprint density at radius 1 is 1.35 bits per heavy atom. The molecule has 2 aliphatic rings. The summed E-state index contributed by atoms with van der Waals surface area (Å²) < 4.78 is 4.99. The van der Waals surface area contributed by atoms with E-state index in [1.807, 2.05) is 0 Å². The molecule has 0 amide bonds. The van der Waals surface area contributed by atoms with Gasteiger partial charge in [0.05, 0.1) is 7.11 Å². The van der Waals surface area contributed by atoms with Crippen LogP contribution < -0.4 is 0 Å². The van der Waals surface area contributed by atoms with Crippen molar-refractivity contribution in [3.8, 4) is 0 Å². The fraction of sp³-hybridized carbons (Fsp3) is 0.929. The Morgan fingerprint density at radius 2 is 2.06 bits per heavy atom. The third-order valence-electron chi connectivity index (χ3n) is 3.89. The van der Waals surface area contributed by atoms with E-state index in [2.05, 4.69) is 11.8 Å². The molecule has 1 unspecified atom stereocenters. The van der Waals surface area contributed by atoms with Crippen molar-refractivity contribution < 1.29 is 9.53 Å². The number of esters is 1. The number of hydrogen-bond donors (Lipinski definition) is 0. The minimum absolute atomic E-state index is 0.0213. The molecule has 2 rings (SSSR count). The standard InChI is InChI=1S/C14H25NO2/c1-3-4-5-13(14(16)17-2)15(12-8-9-12)10-11-6-7-11/h11-13H,3-10H2,1-2H3.